The fourth-order valence-electron chi connectivity index (χ4n) is 2.44. The van der Waals surface area contributed by atoms with E-state index >= 15 is 0 Å². The van der Waals surface area contributed by atoms with Crippen molar-refractivity contribution in [3.63, 3.8) is 0 Å². The largest absolute Gasteiger partial charge is 0.396 e. The molecule has 1 atom stereocenters. The van der Waals surface area contributed by atoms with Gasteiger partial charge < -0.3 is 5.11 Å². The van der Waals surface area contributed by atoms with Crippen molar-refractivity contribution >= 4 is 0 Å². The Morgan fingerprint density at radius 1 is 1.21 bits per heavy atom. The van der Waals surface area contributed by atoms with E-state index in [-0.39, 0.29) is 18.6 Å². The van der Waals surface area contributed by atoms with Gasteiger partial charge in [-0.2, -0.15) is 0 Å². The van der Waals surface area contributed by atoms with E-state index in [1.54, 1.807) is 0 Å². The first-order valence-electron chi connectivity index (χ1n) is 7.02. The zero-order valence-electron chi connectivity index (χ0n) is 12.5. The highest BCUT2D eigenvalue weighted by Gasteiger charge is 2.35. The molecule has 1 aromatic carbocycles. The topological polar surface area (TPSA) is 43.4 Å². The molecular formula is C16H26NO2. The van der Waals surface area contributed by atoms with Gasteiger partial charge in [0, 0.05) is 12.1 Å². The predicted octanol–water partition coefficient (Wildman–Crippen LogP) is 3.58. The molecule has 1 N–H and O–H groups in total. The highest BCUT2D eigenvalue weighted by Crippen LogP contribution is 2.34. The van der Waals surface area contributed by atoms with Gasteiger partial charge in [-0.15, -0.1) is 10.3 Å². The van der Waals surface area contributed by atoms with Gasteiger partial charge in [-0.3, -0.25) is 0 Å². The third kappa shape index (κ3) is 4.30. The number of benzene rings is 1. The Kier molecular flexibility index (Phi) is 5.98. The second-order valence-corrected chi connectivity index (χ2v) is 6.06. The Hall–Kier alpha value is -0.900. The van der Waals surface area contributed by atoms with Gasteiger partial charge in [0.1, 0.15) is 0 Å². The summed E-state index contributed by atoms with van der Waals surface area (Å²) in [5, 5.41) is 22.9. The third-order valence-corrected chi connectivity index (χ3v) is 3.57. The van der Waals surface area contributed by atoms with Crippen LogP contribution < -0.4 is 0 Å². The van der Waals surface area contributed by atoms with Crippen molar-refractivity contribution in [2.24, 2.45) is 5.92 Å². The maximum atomic E-state index is 12.7. The van der Waals surface area contributed by atoms with Gasteiger partial charge in [0.15, 0.2) is 0 Å². The van der Waals surface area contributed by atoms with Crippen LogP contribution in [0, 0.1) is 5.92 Å². The van der Waals surface area contributed by atoms with Crippen molar-refractivity contribution in [2.75, 3.05) is 6.61 Å². The molecule has 0 aliphatic carbocycles. The minimum Gasteiger partial charge on any atom is -0.396 e. The van der Waals surface area contributed by atoms with Crippen LogP contribution in [-0.4, -0.2) is 22.3 Å². The van der Waals surface area contributed by atoms with Gasteiger partial charge >= 0.3 is 0 Å². The number of hydrogen-bond donors (Lipinski definition) is 1. The van der Waals surface area contributed by atoms with Crippen LogP contribution in [0.2, 0.25) is 0 Å². The molecule has 0 saturated carbocycles. The summed E-state index contributed by atoms with van der Waals surface area (Å²) in [7, 11) is 0. The molecule has 0 bridgehead atoms. The van der Waals surface area contributed by atoms with E-state index in [0.29, 0.717) is 12.8 Å². The van der Waals surface area contributed by atoms with E-state index in [0.717, 1.165) is 5.56 Å². The average Bonchev–Trinajstić information content (AvgIpc) is 2.37. The van der Waals surface area contributed by atoms with Gasteiger partial charge in [0.05, 0.1) is 6.04 Å². The van der Waals surface area contributed by atoms with Crippen LogP contribution in [0.1, 0.15) is 52.1 Å². The van der Waals surface area contributed by atoms with E-state index in [4.69, 9.17) is 5.11 Å². The Morgan fingerprint density at radius 2 is 1.79 bits per heavy atom. The minimum atomic E-state index is -0.465. The molecule has 0 saturated heterocycles. The molecule has 107 valence electrons. The highest BCUT2D eigenvalue weighted by molar-refractivity contribution is 5.19. The van der Waals surface area contributed by atoms with Crippen LogP contribution in [0.4, 0.5) is 0 Å². The first-order valence-corrected chi connectivity index (χ1v) is 7.02. The normalized spacial score (nSPS) is 14.1. The van der Waals surface area contributed by atoms with Crippen molar-refractivity contribution in [1.82, 2.24) is 5.06 Å². The third-order valence-electron chi connectivity index (χ3n) is 3.57. The van der Waals surface area contributed by atoms with E-state index in [9.17, 15) is 5.21 Å². The van der Waals surface area contributed by atoms with Gasteiger partial charge in [0.25, 0.3) is 0 Å². The molecule has 0 aromatic heterocycles. The quantitative estimate of drug-likeness (QED) is 0.765. The molecule has 1 radical (unpaired) electrons. The molecule has 1 rings (SSSR count). The van der Waals surface area contributed by atoms with Crippen molar-refractivity contribution in [2.45, 2.75) is 52.1 Å². The summed E-state index contributed by atoms with van der Waals surface area (Å²) in [6, 6.07) is 9.79. The lowest BCUT2D eigenvalue weighted by Gasteiger charge is -2.39. The van der Waals surface area contributed by atoms with Crippen molar-refractivity contribution in [3.8, 4) is 0 Å². The zero-order chi connectivity index (χ0) is 14.5. The van der Waals surface area contributed by atoms with Crippen LogP contribution in [-0.2, 0) is 5.21 Å². The first-order chi connectivity index (χ1) is 8.90. The lowest BCUT2D eigenvalue weighted by atomic mass is 9.89. The van der Waals surface area contributed by atoms with E-state index in [1.165, 1.54) is 5.06 Å². The summed E-state index contributed by atoms with van der Waals surface area (Å²) in [6.07, 6.45) is 1.36. The summed E-state index contributed by atoms with van der Waals surface area (Å²) in [5.74, 6) is 0.244. The van der Waals surface area contributed by atoms with Crippen LogP contribution in [0.15, 0.2) is 30.3 Å². The van der Waals surface area contributed by atoms with Crippen LogP contribution in [0.3, 0.4) is 0 Å². The molecular weight excluding hydrogens is 238 g/mol. The molecule has 0 aliphatic heterocycles. The second-order valence-electron chi connectivity index (χ2n) is 6.06. The average molecular weight is 264 g/mol. The van der Waals surface area contributed by atoms with Gasteiger partial charge in [0.2, 0.25) is 0 Å². The molecule has 0 amide bonds. The van der Waals surface area contributed by atoms with E-state index in [2.05, 4.69) is 13.8 Å². The smallest absolute Gasteiger partial charge is 0.0661 e. The molecule has 19 heavy (non-hydrogen) atoms. The molecule has 3 nitrogen and oxygen atoms in total. The Balaban J connectivity index is 2.93. The number of nitrogens with zero attached hydrogens (tertiary/aromatic N) is 1. The maximum absolute atomic E-state index is 12.7. The zero-order valence-corrected chi connectivity index (χ0v) is 12.5. The number of aliphatic hydroxyl groups is 1. The number of rotatable bonds is 7. The molecule has 0 spiro atoms. The molecule has 1 aromatic rings. The standard InChI is InChI=1S/C16H26NO2/c1-13(2)15(14-9-6-5-7-10-14)17(19)16(3,4)11-8-12-18/h5-7,9-10,13,15,18H,8,11-12H2,1-4H3. The lowest BCUT2D eigenvalue weighted by molar-refractivity contribution is -0.257. The van der Waals surface area contributed by atoms with E-state index < -0.39 is 5.54 Å². The second kappa shape index (κ2) is 7.04. The van der Waals surface area contributed by atoms with Crippen LogP contribution in [0.5, 0.6) is 0 Å². The number of aliphatic hydroxyl groups excluding tert-OH is 1. The van der Waals surface area contributed by atoms with Crippen LogP contribution in [0.25, 0.3) is 0 Å². The summed E-state index contributed by atoms with van der Waals surface area (Å²) in [5.41, 5.74) is 0.595. The van der Waals surface area contributed by atoms with Crippen LogP contribution >= 0.6 is 0 Å². The van der Waals surface area contributed by atoms with Crippen molar-refractivity contribution in [1.29, 1.82) is 0 Å². The predicted molar refractivity (Wildman–Crippen MR) is 76.9 cm³/mol. The number of hydrogen-bond acceptors (Lipinski definition) is 2. The highest BCUT2D eigenvalue weighted by atomic mass is 16.5. The summed E-state index contributed by atoms with van der Waals surface area (Å²) < 4.78 is 0. The van der Waals surface area contributed by atoms with Crippen molar-refractivity contribution in [3.05, 3.63) is 35.9 Å². The molecule has 0 fully saturated rings. The SMILES string of the molecule is CC(C)C(c1ccccc1)N([O])C(C)(C)CCCO. The molecule has 0 aliphatic rings. The Bertz CT molecular complexity index is 362. The van der Waals surface area contributed by atoms with E-state index in [1.807, 2.05) is 44.2 Å². The monoisotopic (exact) mass is 264 g/mol. The summed E-state index contributed by atoms with van der Waals surface area (Å²) in [6.45, 7) is 8.19. The fraction of sp³-hybridized carbons (Fsp3) is 0.625. The Morgan fingerprint density at radius 3 is 2.26 bits per heavy atom. The molecule has 0 heterocycles. The minimum absolute atomic E-state index is 0.134. The van der Waals surface area contributed by atoms with Crippen molar-refractivity contribution < 1.29 is 10.3 Å². The summed E-state index contributed by atoms with van der Waals surface area (Å²) in [4.78, 5) is 0. The van der Waals surface area contributed by atoms with Gasteiger partial charge in [-0.1, -0.05) is 44.2 Å². The lowest BCUT2D eigenvalue weighted by Crippen LogP contribution is -2.44. The van der Waals surface area contributed by atoms with Gasteiger partial charge in [-0.05, 0) is 38.2 Å². The molecule has 3 heteroatoms. The number of hydroxylamine groups is 2. The fourth-order valence-corrected chi connectivity index (χ4v) is 2.44. The maximum Gasteiger partial charge on any atom is 0.0661 e. The first kappa shape index (κ1) is 16.2. The summed E-state index contributed by atoms with van der Waals surface area (Å²) >= 11 is 0. The molecule has 1 unspecified atom stereocenters. The van der Waals surface area contributed by atoms with Gasteiger partial charge in [-0.25, -0.2) is 0 Å². The Labute approximate surface area is 116 Å².